The Hall–Kier alpha value is -0.0800. The van der Waals surface area contributed by atoms with Crippen LogP contribution in [0, 0.1) is 0 Å². The number of hydrogen-bond acceptors (Lipinski definition) is 1. The van der Waals surface area contributed by atoms with Gasteiger partial charge in [-0.3, -0.25) is 0 Å². The molecule has 0 saturated carbocycles. The molecule has 0 aromatic carbocycles. The Morgan fingerprint density at radius 1 is 1.15 bits per heavy atom. The van der Waals surface area contributed by atoms with E-state index in [2.05, 4.69) is 38.3 Å². The van der Waals surface area contributed by atoms with Crippen LogP contribution in [0.25, 0.3) is 0 Å². The fraction of sp³-hybridized carbons (Fsp3) is 1.00. The van der Waals surface area contributed by atoms with Gasteiger partial charge in [0, 0.05) is 12.5 Å². The van der Waals surface area contributed by atoms with Crippen molar-refractivity contribution < 1.29 is 5.32 Å². The second kappa shape index (κ2) is 7.34. The Labute approximate surface area is 83.5 Å². The summed E-state index contributed by atoms with van der Waals surface area (Å²) in [5.74, 6) is 0. The van der Waals surface area contributed by atoms with Gasteiger partial charge in [-0.05, 0) is 34.2 Å². The summed E-state index contributed by atoms with van der Waals surface area (Å²) in [5, 5.41) is 5.78. The molecular formula is C11H27N2+. The van der Waals surface area contributed by atoms with Crippen LogP contribution in [0.1, 0.15) is 47.0 Å². The van der Waals surface area contributed by atoms with Crippen molar-refractivity contribution in [2.24, 2.45) is 0 Å². The van der Waals surface area contributed by atoms with E-state index in [0.29, 0.717) is 6.04 Å². The molecule has 0 bridgehead atoms. The smallest absolute Gasteiger partial charge is 0.0847 e. The fourth-order valence-electron chi connectivity index (χ4n) is 1.87. The molecule has 0 heterocycles. The number of nitrogens with two attached hydrogens (primary N) is 1. The van der Waals surface area contributed by atoms with Crippen molar-refractivity contribution in [2.45, 2.75) is 65.1 Å². The van der Waals surface area contributed by atoms with E-state index in [1.54, 1.807) is 0 Å². The molecule has 3 atom stereocenters. The molecule has 3 unspecified atom stereocenters. The Balaban J connectivity index is 3.54. The minimum Gasteiger partial charge on any atom is -0.342 e. The molecule has 3 N–H and O–H groups in total. The van der Waals surface area contributed by atoms with Crippen molar-refractivity contribution in [3.63, 3.8) is 0 Å². The monoisotopic (exact) mass is 187 g/mol. The first-order valence-electron chi connectivity index (χ1n) is 5.62. The largest absolute Gasteiger partial charge is 0.342 e. The first-order valence-corrected chi connectivity index (χ1v) is 5.62. The SMILES string of the molecule is CCCC(C)[NH2+]C(C)CC(C)NC. The number of hydrogen-bond donors (Lipinski definition) is 2. The third kappa shape index (κ3) is 7.03. The van der Waals surface area contributed by atoms with Crippen LogP contribution < -0.4 is 10.6 Å². The zero-order valence-corrected chi connectivity index (χ0v) is 9.93. The third-order valence-electron chi connectivity index (χ3n) is 2.62. The molecule has 80 valence electrons. The molecule has 0 saturated heterocycles. The van der Waals surface area contributed by atoms with Gasteiger partial charge in [0.2, 0.25) is 0 Å². The van der Waals surface area contributed by atoms with E-state index in [1.165, 1.54) is 19.3 Å². The molecule has 2 nitrogen and oxygen atoms in total. The number of nitrogens with one attached hydrogen (secondary N) is 1. The highest BCUT2D eigenvalue weighted by molar-refractivity contribution is 4.60. The molecule has 0 spiro atoms. The van der Waals surface area contributed by atoms with E-state index < -0.39 is 0 Å². The van der Waals surface area contributed by atoms with Gasteiger partial charge in [0.15, 0.2) is 0 Å². The first kappa shape index (κ1) is 12.9. The molecule has 0 aliphatic rings. The van der Waals surface area contributed by atoms with Crippen LogP contribution in [0.2, 0.25) is 0 Å². The Morgan fingerprint density at radius 2 is 1.77 bits per heavy atom. The van der Waals surface area contributed by atoms with Crippen molar-refractivity contribution in [1.82, 2.24) is 5.32 Å². The van der Waals surface area contributed by atoms with Gasteiger partial charge in [0.1, 0.15) is 0 Å². The highest BCUT2D eigenvalue weighted by atomic mass is 15.0. The Bertz CT molecular complexity index is 115. The van der Waals surface area contributed by atoms with Gasteiger partial charge in [-0.25, -0.2) is 0 Å². The van der Waals surface area contributed by atoms with E-state index >= 15 is 0 Å². The van der Waals surface area contributed by atoms with Crippen LogP contribution in [-0.4, -0.2) is 25.2 Å². The average Bonchev–Trinajstić information content (AvgIpc) is 2.04. The normalized spacial score (nSPS) is 18.2. The molecule has 0 rings (SSSR count). The number of rotatable bonds is 7. The van der Waals surface area contributed by atoms with Crippen molar-refractivity contribution in [2.75, 3.05) is 7.05 Å². The topological polar surface area (TPSA) is 28.6 Å². The predicted molar refractivity (Wildman–Crippen MR) is 58.9 cm³/mol. The summed E-state index contributed by atoms with van der Waals surface area (Å²) in [6.07, 6.45) is 3.88. The number of quaternary nitrogens is 1. The zero-order chi connectivity index (χ0) is 10.3. The first-order chi connectivity index (χ1) is 6.10. The quantitative estimate of drug-likeness (QED) is 0.614. The molecule has 0 aromatic heterocycles. The molecule has 0 fully saturated rings. The van der Waals surface area contributed by atoms with Crippen LogP contribution in [0.5, 0.6) is 0 Å². The minimum atomic E-state index is 0.639. The molecule has 0 radical (unpaired) electrons. The highest BCUT2D eigenvalue weighted by Crippen LogP contribution is 1.94. The summed E-state index contributed by atoms with van der Waals surface area (Å²) < 4.78 is 0. The van der Waals surface area contributed by atoms with Crippen LogP contribution >= 0.6 is 0 Å². The van der Waals surface area contributed by atoms with Crippen molar-refractivity contribution in [3.05, 3.63) is 0 Å². The van der Waals surface area contributed by atoms with Crippen LogP contribution in [-0.2, 0) is 0 Å². The second-order valence-electron chi connectivity index (χ2n) is 4.36. The van der Waals surface area contributed by atoms with E-state index in [0.717, 1.165) is 12.1 Å². The van der Waals surface area contributed by atoms with Gasteiger partial charge in [-0.15, -0.1) is 0 Å². The lowest BCUT2D eigenvalue weighted by Gasteiger charge is -2.19. The lowest BCUT2D eigenvalue weighted by Crippen LogP contribution is -2.94. The molecule has 0 aliphatic carbocycles. The van der Waals surface area contributed by atoms with Gasteiger partial charge in [0.25, 0.3) is 0 Å². The second-order valence-corrected chi connectivity index (χ2v) is 4.36. The maximum absolute atomic E-state index is 3.28. The third-order valence-corrected chi connectivity index (χ3v) is 2.62. The molecule has 0 aliphatic heterocycles. The summed E-state index contributed by atoms with van der Waals surface area (Å²) in [7, 11) is 2.03. The summed E-state index contributed by atoms with van der Waals surface area (Å²) in [6.45, 7) is 9.14. The summed E-state index contributed by atoms with van der Waals surface area (Å²) in [6, 6.07) is 2.16. The molecular weight excluding hydrogens is 160 g/mol. The average molecular weight is 187 g/mol. The van der Waals surface area contributed by atoms with Gasteiger partial charge in [-0.2, -0.15) is 0 Å². The van der Waals surface area contributed by atoms with E-state index in [-0.39, 0.29) is 0 Å². The van der Waals surface area contributed by atoms with E-state index in [1.807, 2.05) is 7.05 Å². The van der Waals surface area contributed by atoms with Crippen LogP contribution in [0.3, 0.4) is 0 Å². The predicted octanol–water partition coefficient (Wildman–Crippen LogP) is 1.12. The lowest BCUT2D eigenvalue weighted by atomic mass is 10.1. The van der Waals surface area contributed by atoms with Gasteiger partial charge >= 0.3 is 0 Å². The summed E-state index contributed by atoms with van der Waals surface area (Å²) in [5.41, 5.74) is 0. The van der Waals surface area contributed by atoms with Crippen molar-refractivity contribution in [1.29, 1.82) is 0 Å². The van der Waals surface area contributed by atoms with E-state index in [9.17, 15) is 0 Å². The standard InChI is InChI=1S/C11H26N2/c1-6-7-9(2)13-11(4)8-10(3)12-5/h9-13H,6-8H2,1-5H3/p+1. The molecule has 0 amide bonds. The van der Waals surface area contributed by atoms with Gasteiger partial charge in [0.05, 0.1) is 12.1 Å². The van der Waals surface area contributed by atoms with Gasteiger partial charge < -0.3 is 10.6 Å². The lowest BCUT2D eigenvalue weighted by molar-refractivity contribution is -0.716. The maximum Gasteiger partial charge on any atom is 0.0847 e. The van der Waals surface area contributed by atoms with Crippen molar-refractivity contribution in [3.8, 4) is 0 Å². The van der Waals surface area contributed by atoms with Crippen molar-refractivity contribution >= 4 is 0 Å². The fourth-order valence-corrected chi connectivity index (χ4v) is 1.87. The minimum absolute atomic E-state index is 0.639. The highest BCUT2D eigenvalue weighted by Gasteiger charge is 2.12. The summed E-state index contributed by atoms with van der Waals surface area (Å²) >= 11 is 0. The Morgan fingerprint density at radius 3 is 2.23 bits per heavy atom. The van der Waals surface area contributed by atoms with E-state index in [4.69, 9.17) is 0 Å². The maximum atomic E-state index is 3.28. The molecule has 13 heavy (non-hydrogen) atoms. The van der Waals surface area contributed by atoms with Gasteiger partial charge in [-0.1, -0.05) is 13.3 Å². The summed E-state index contributed by atoms with van der Waals surface area (Å²) in [4.78, 5) is 0. The zero-order valence-electron chi connectivity index (χ0n) is 9.93. The van der Waals surface area contributed by atoms with Crippen LogP contribution in [0.4, 0.5) is 0 Å². The molecule has 0 aromatic rings. The Kier molecular flexibility index (Phi) is 7.29. The van der Waals surface area contributed by atoms with Crippen LogP contribution in [0.15, 0.2) is 0 Å². The molecule has 2 heteroatoms.